The Labute approximate surface area is 251 Å². The molecule has 3 unspecified atom stereocenters. The Hall–Kier alpha value is -2.62. The van der Waals surface area contributed by atoms with Crippen molar-refractivity contribution in [2.45, 2.75) is 90.4 Å². The molecule has 0 radical (unpaired) electrons. The summed E-state index contributed by atoms with van der Waals surface area (Å²) in [7, 11) is 0. The summed E-state index contributed by atoms with van der Waals surface area (Å²) in [6.07, 6.45) is 6.51. The fraction of sp³-hybridized carbons (Fsp3) is 0.645. The van der Waals surface area contributed by atoms with Gasteiger partial charge in [-0.15, -0.1) is 0 Å². The molecular weight excluding hydrogens is 538 g/mol. The maximum atomic E-state index is 6.70. The van der Waals surface area contributed by atoms with Gasteiger partial charge in [0.25, 0.3) is 0 Å². The third kappa shape index (κ3) is 7.43. The summed E-state index contributed by atoms with van der Waals surface area (Å²) in [6.45, 7) is 16.2. The topological polar surface area (TPSA) is 113 Å². The highest BCUT2D eigenvalue weighted by Gasteiger charge is 2.38. The molecule has 9 nitrogen and oxygen atoms in total. The molecule has 10 heteroatoms. The van der Waals surface area contributed by atoms with Gasteiger partial charge in [0.05, 0.1) is 37.0 Å². The largest absolute Gasteiger partial charge is 0.384 e. The number of ether oxygens (including phenoxy) is 1. The number of hydrogen-bond donors (Lipinski definition) is 4. The van der Waals surface area contributed by atoms with Gasteiger partial charge >= 0.3 is 0 Å². The number of rotatable bonds is 12. The van der Waals surface area contributed by atoms with E-state index in [-0.39, 0.29) is 30.0 Å². The maximum absolute atomic E-state index is 6.70. The summed E-state index contributed by atoms with van der Waals surface area (Å²) in [5.74, 6) is 3.16. The number of oxime groups is 1. The smallest absolute Gasteiger partial charge is 0.188 e. The molecule has 41 heavy (non-hydrogen) atoms. The van der Waals surface area contributed by atoms with E-state index in [4.69, 9.17) is 39.2 Å². The third-order valence-corrected chi connectivity index (χ3v) is 9.29. The van der Waals surface area contributed by atoms with Crippen LogP contribution in [0.2, 0.25) is 5.02 Å². The fourth-order valence-corrected chi connectivity index (χ4v) is 6.73. The number of nitrogens with one attached hydrogen (secondary N) is 2. The fourth-order valence-electron chi connectivity index (χ4n) is 6.53. The second kappa shape index (κ2) is 14.5. The number of benzene rings is 1. The van der Waals surface area contributed by atoms with Gasteiger partial charge < -0.3 is 36.2 Å². The number of amidine groups is 1. The lowest BCUT2D eigenvalue weighted by atomic mass is 9.79. The molecule has 0 aromatic heterocycles. The van der Waals surface area contributed by atoms with E-state index < -0.39 is 0 Å². The molecule has 1 saturated heterocycles. The quantitative estimate of drug-likeness (QED) is 0.275. The molecule has 1 aromatic carbocycles. The zero-order chi connectivity index (χ0) is 29.5. The molecule has 1 aromatic rings. The molecule has 0 spiro atoms. The lowest BCUT2D eigenvalue weighted by Gasteiger charge is -2.49. The van der Waals surface area contributed by atoms with E-state index in [0.29, 0.717) is 30.9 Å². The van der Waals surface area contributed by atoms with Crippen LogP contribution in [0, 0.1) is 11.8 Å². The predicted octanol–water partition coefficient (Wildman–Crippen LogP) is 4.83. The minimum atomic E-state index is -0.378. The van der Waals surface area contributed by atoms with Gasteiger partial charge in [-0.1, -0.05) is 69.1 Å². The van der Waals surface area contributed by atoms with Crippen molar-refractivity contribution < 1.29 is 9.57 Å². The van der Waals surface area contributed by atoms with Gasteiger partial charge in [-0.25, -0.2) is 0 Å². The van der Waals surface area contributed by atoms with Crippen LogP contribution in [0.1, 0.15) is 77.8 Å². The Kier molecular flexibility index (Phi) is 11.1. The lowest BCUT2D eigenvalue weighted by Crippen LogP contribution is -2.53. The first-order valence-corrected chi connectivity index (χ1v) is 15.7. The minimum absolute atomic E-state index is 0.122. The molecule has 0 amide bonds. The molecular formula is C31H50ClN7O2. The van der Waals surface area contributed by atoms with Crippen molar-refractivity contribution in [3.63, 3.8) is 0 Å². The highest BCUT2D eigenvalue weighted by Crippen LogP contribution is 2.39. The molecule has 1 aliphatic carbocycles. The molecule has 4 rings (SSSR count). The molecule has 0 bridgehead atoms. The highest BCUT2D eigenvalue weighted by atomic mass is 35.5. The van der Waals surface area contributed by atoms with Gasteiger partial charge in [0.15, 0.2) is 12.6 Å². The van der Waals surface area contributed by atoms with E-state index in [1.165, 1.54) is 12.8 Å². The summed E-state index contributed by atoms with van der Waals surface area (Å²) in [6, 6.07) is 7.75. The standard InChI is InChI=1S/C31H50ClN7O2/c1-6-26-18-40-16-15-38(26)22(5)39(21(4)23-13-11-20(3)12-14-23)29(30(33)34)28(24-9-8-10-25(32)17-24)36-27(7-2)31-35-19-41-37-31/h8-10,17,20-21,23,26-28,36H,5-7,11-16,18-19,33-34H2,1-4H3,(H,35,37)/t20-,21?,23-,26-,27?,28?/m1/s1. The second-order valence-corrected chi connectivity index (χ2v) is 12.2. The van der Waals surface area contributed by atoms with E-state index in [2.05, 4.69) is 59.4 Å². The SMILES string of the molecule is C=C(N(C(=C(N)N)C(NC(CC)C1=NOCN1)c1cccc(Cl)c1)C(C)[C@H]1CC[C@H](C)CC1)N1CCOC[C@H]1CC. The van der Waals surface area contributed by atoms with E-state index >= 15 is 0 Å². The normalized spacial score (nSPS) is 24.9. The van der Waals surface area contributed by atoms with Crippen LogP contribution in [0.25, 0.3) is 0 Å². The number of morpholine rings is 1. The first-order chi connectivity index (χ1) is 19.7. The van der Waals surface area contributed by atoms with E-state index in [1.54, 1.807) is 0 Å². The van der Waals surface area contributed by atoms with Crippen molar-refractivity contribution in [2.24, 2.45) is 28.5 Å². The van der Waals surface area contributed by atoms with E-state index in [9.17, 15) is 0 Å². The van der Waals surface area contributed by atoms with Gasteiger partial charge in [0.1, 0.15) is 11.6 Å². The first-order valence-electron chi connectivity index (χ1n) is 15.3. The average Bonchev–Trinajstić information content (AvgIpc) is 3.51. The Balaban J connectivity index is 1.81. The summed E-state index contributed by atoms with van der Waals surface area (Å²) in [5, 5.41) is 12.0. The van der Waals surface area contributed by atoms with Gasteiger partial charge in [0.2, 0.25) is 0 Å². The van der Waals surface area contributed by atoms with Crippen molar-refractivity contribution in [2.75, 3.05) is 26.5 Å². The van der Waals surface area contributed by atoms with Crippen LogP contribution in [0.5, 0.6) is 0 Å². The lowest BCUT2D eigenvalue weighted by molar-refractivity contribution is -0.0106. The molecule has 228 valence electrons. The van der Waals surface area contributed by atoms with Crippen molar-refractivity contribution >= 4 is 17.4 Å². The van der Waals surface area contributed by atoms with Crippen LogP contribution >= 0.6 is 11.6 Å². The first kappa shape index (κ1) is 31.3. The Morgan fingerprint density at radius 3 is 2.63 bits per heavy atom. The van der Waals surface area contributed by atoms with Crippen molar-refractivity contribution in [3.05, 3.63) is 58.8 Å². The van der Waals surface area contributed by atoms with Crippen molar-refractivity contribution in [1.82, 2.24) is 20.4 Å². The molecule has 3 aliphatic rings. The molecule has 2 heterocycles. The zero-order valence-electron chi connectivity index (χ0n) is 25.2. The number of nitrogens with zero attached hydrogens (tertiary/aromatic N) is 3. The van der Waals surface area contributed by atoms with E-state index in [0.717, 1.165) is 61.1 Å². The average molecular weight is 588 g/mol. The zero-order valence-corrected chi connectivity index (χ0v) is 26.0. The van der Waals surface area contributed by atoms with Crippen LogP contribution in [0.3, 0.4) is 0 Å². The minimum Gasteiger partial charge on any atom is -0.384 e. The maximum Gasteiger partial charge on any atom is 0.188 e. The van der Waals surface area contributed by atoms with Crippen molar-refractivity contribution in [3.8, 4) is 0 Å². The van der Waals surface area contributed by atoms with Crippen LogP contribution in [-0.2, 0) is 9.57 Å². The molecule has 6 N–H and O–H groups in total. The van der Waals surface area contributed by atoms with Gasteiger partial charge in [0, 0.05) is 17.6 Å². The summed E-state index contributed by atoms with van der Waals surface area (Å²) >= 11 is 6.55. The molecule has 2 fully saturated rings. The summed E-state index contributed by atoms with van der Waals surface area (Å²) in [5.41, 5.74) is 15.2. The van der Waals surface area contributed by atoms with Crippen LogP contribution in [0.4, 0.5) is 0 Å². The van der Waals surface area contributed by atoms with Gasteiger partial charge in [-0.2, -0.15) is 0 Å². The van der Waals surface area contributed by atoms with Gasteiger partial charge in [-0.05, 0) is 62.1 Å². The number of nitrogens with two attached hydrogens (primary N) is 2. The van der Waals surface area contributed by atoms with Crippen LogP contribution in [-0.4, -0.2) is 60.3 Å². The molecule has 2 aliphatic heterocycles. The monoisotopic (exact) mass is 587 g/mol. The van der Waals surface area contributed by atoms with E-state index in [1.807, 2.05) is 18.2 Å². The number of hydrogen-bond acceptors (Lipinski definition) is 9. The Morgan fingerprint density at radius 1 is 1.27 bits per heavy atom. The second-order valence-electron chi connectivity index (χ2n) is 11.8. The Morgan fingerprint density at radius 2 is 2.02 bits per heavy atom. The summed E-state index contributed by atoms with van der Waals surface area (Å²) in [4.78, 5) is 10.00. The Bertz CT molecular complexity index is 1080. The highest BCUT2D eigenvalue weighted by molar-refractivity contribution is 6.30. The van der Waals surface area contributed by atoms with Gasteiger partial charge in [-0.3, -0.25) is 5.32 Å². The predicted molar refractivity (Wildman–Crippen MR) is 166 cm³/mol. The number of halogens is 1. The third-order valence-electron chi connectivity index (χ3n) is 9.06. The van der Waals surface area contributed by atoms with Crippen molar-refractivity contribution in [1.29, 1.82) is 0 Å². The van der Waals surface area contributed by atoms with Crippen LogP contribution < -0.4 is 22.1 Å². The molecule has 4 atom stereocenters. The van der Waals surface area contributed by atoms with Crippen LogP contribution in [0.15, 0.2) is 53.3 Å². The molecule has 1 saturated carbocycles. The summed E-state index contributed by atoms with van der Waals surface area (Å²) < 4.78 is 5.86.